The molecule has 0 saturated heterocycles. The van der Waals surface area contributed by atoms with E-state index < -0.39 is 0 Å². The number of halogens is 1. The van der Waals surface area contributed by atoms with Crippen LogP contribution in [-0.4, -0.2) is 24.6 Å². The molecule has 0 atom stereocenters. The third-order valence-corrected chi connectivity index (χ3v) is 4.71. The maximum absolute atomic E-state index is 12.1. The fourth-order valence-electron chi connectivity index (χ4n) is 2.23. The van der Waals surface area contributed by atoms with Crippen LogP contribution in [-0.2, 0) is 10.5 Å². The molecular weight excluding hydrogens is 344 g/mol. The summed E-state index contributed by atoms with van der Waals surface area (Å²) in [6, 6.07) is 12.9. The molecule has 0 radical (unpaired) electrons. The highest BCUT2D eigenvalue weighted by molar-refractivity contribution is 7.99. The van der Waals surface area contributed by atoms with Gasteiger partial charge in [-0.05, 0) is 42.3 Å². The molecule has 0 spiro atoms. The number of anilines is 1. The third-order valence-electron chi connectivity index (χ3n) is 3.47. The van der Waals surface area contributed by atoms with E-state index in [0.717, 1.165) is 11.1 Å². The van der Waals surface area contributed by atoms with E-state index in [4.69, 9.17) is 11.6 Å². The Bertz CT molecular complexity index is 750. The summed E-state index contributed by atoms with van der Waals surface area (Å²) in [7, 11) is 1.58. The molecule has 2 rings (SSSR count). The number of nitrogens with one attached hydrogen (secondary N) is 2. The molecule has 2 amide bonds. The molecule has 0 saturated carbocycles. The standard InChI is InChI=1S/C18H19ClN2O2S/c1-12-15(18(23)20-2)7-4-8-16(12)21-17(22)11-24-10-13-5-3-6-14(19)9-13/h3-9H,10-11H2,1-2H3,(H,20,23)(H,21,22). The first kappa shape index (κ1) is 18.4. The average Bonchev–Trinajstić information content (AvgIpc) is 2.56. The number of thioether (sulfide) groups is 1. The van der Waals surface area contributed by atoms with Crippen LogP contribution in [0.1, 0.15) is 21.5 Å². The van der Waals surface area contributed by atoms with E-state index in [-0.39, 0.29) is 11.8 Å². The molecule has 0 aromatic heterocycles. The van der Waals surface area contributed by atoms with Crippen molar-refractivity contribution in [3.05, 3.63) is 64.2 Å². The maximum atomic E-state index is 12.1. The summed E-state index contributed by atoms with van der Waals surface area (Å²) < 4.78 is 0. The summed E-state index contributed by atoms with van der Waals surface area (Å²) in [5, 5.41) is 6.15. The fourth-order valence-corrected chi connectivity index (χ4v) is 3.21. The Morgan fingerprint density at radius 3 is 2.62 bits per heavy atom. The number of benzene rings is 2. The van der Waals surface area contributed by atoms with Gasteiger partial charge < -0.3 is 10.6 Å². The minimum Gasteiger partial charge on any atom is -0.355 e. The van der Waals surface area contributed by atoms with Crippen molar-refractivity contribution in [2.75, 3.05) is 18.1 Å². The second kappa shape index (κ2) is 8.76. The van der Waals surface area contributed by atoms with E-state index in [2.05, 4.69) is 10.6 Å². The van der Waals surface area contributed by atoms with Gasteiger partial charge in [-0.1, -0.05) is 29.8 Å². The number of carbonyl (C=O) groups excluding carboxylic acids is 2. The predicted octanol–water partition coefficient (Wildman–Crippen LogP) is 3.88. The molecule has 0 aliphatic heterocycles. The normalized spacial score (nSPS) is 10.3. The van der Waals surface area contributed by atoms with Crippen LogP contribution in [0.25, 0.3) is 0 Å². The molecule has 24 heavy (non-hydrogen) atoms. The lowest BCUT2D eigenvalue weighted by molar-refractivity contribution is -0.113. The molecular formula is C18H19ClN2O2S. The highest BCUT2D eigenvalue weighted by Gasteiger charge is 2.12. The lowest BCUT2D eigenvalue weighted by Gasteiger charge is -2.11. The summed E-state index contributed by atoms with van der Waals surface area (Å²) in [6.45, 7) is 1.82. The van der Waals surface area contributed by atoms with Gasteiger partial charge >= 0.3 is 0 Å². The van der Waals surface area contributed by atoms with Crippen LogP contribution < -0.4 is 10.6 Å². The van der Waals surface area contributed by atoms with Gasteiger partial charge in [0.05, 0.1) is 5.75 Å². The summed E-state index contributed by atoms with van der Waals surface area (Å²) in [6.07, 6.45) is 0. The van der Waals surface area contributed by atoms with Gasteiger partial charge in [0.1, 0.15) is 0 Å². The van der Waals surface area contributed by atoms with Gasteiger partial charge in [-0.25, -0.2) is 0 Å². The van der Waals surface area contributed by atoms with E-state index in [9.17, 15) is 9.59 Å². The molecule has 0 bridgehead atoms. The van der Waals surface area contributed by atoms with Crippen molar-refractivity contribution in [2.45, 2.75) is 12.7 Å². The van der Waals surface area contributed by atoms with Crippen molar-refractivity contribution < 1.29 is 9.59 Å². The first-order valence-electron chi connectivity index (χ1n) is 7.45. The van der Waals surface area contributed by atoms with E-state index in [1.165, 1.54) is 11.8 Å². The number of hydrogen-bond donors (Lipinski definition) is 2. The first-order chi connectivity index (χ1) is 11.5. The van der Waals surface area contributed by atoms with Crippen LogP contribution in [0.4, 0.5) is 5.69 Å². The van der Waals surface area contributed by atoms with E-state index in [1.807, 2.05) is 31.2 Å². The van der Waals surface area contributed by atoms with Crippen LogP contribution in [0.2, 0.25) is 5.02 Å². The molecule has 0 aliphatic rings. The van der Waals surface area contributed by atoms with Crippen LogP contribution >= 0.6 is 23.4 Å². The van der Waals surface area contributed by atoms with Gasteiger partial charge in [-0.2, -0.15) is 0 Å². The Morgan fingerprint density at radius 2 is 1.92 bits per heavy atom. The lowest BCUT2D eigenvalue weighted by atomic mass is 10.1. The summed E-state index contributed by atoms with van der Waals surface area (Å²) >= 11 is 7.46. The SMILES string of the molecule is CNC(=O)c1cccc(NC(=O)CSCc2cccc(Cl)c2)c1C. The molecule has 2 N–H and O–H groups in total. The smallest absolute Gasteiger partial charge is 0.251 e. The zero-order chi connectivity index (χ0) is 17.5. The molecule has 0 fully saturated rings. The lowest BCUT2D eigenvalue weighted by Crippen LogP contribution is -2.20. The van der Waals surface area contributed by atoms with Crippen molar-refractivity contribution in [1.29, 1.82) is 0 Å². The van der Waals surface area contributed by atoms with Crippen LogP contribution in [0.15, 0.2) is 42.5 Å². The molecule has 0 heterocycles. The van der Waals surface area contributed by atoms with Crippen molar-refractivity contribution in [2.24, 2.45) is 0 Å². The number of amides is 2. The van der Waals surface area contributed by atoms with Crippen molar-refractivity contribution in [3.8, 4) is 0 Å². The van der Waals surface area contributed by atoms with E-state index >= 15 is 0 Å². The Hall–Kier alpha value is -1.98. The molecule has 0 aliphatic carbocycles. The summed E-state index contributed by atoms with van der Waals surface area (Å²) in [5.41, 5.74) is 3.05. The van der Waals surface area contributed by atoms with Gasteiger partial charge in [-0.3, -0.25) is 9.59 Å². The Balaban J connectivity index is 1.92. The molecule has 2 aromatic carbocycles. The van der Waals surface area contributed by atoms with Crippen molar-refractivity contribution in [3.63, 3.8) is 0 Å². The molecule has 126 valence electrons. The Kier molecular flexibility index (Phi) is 6.70. The van der Waals surface area contributed by atoms with Crippen LogP contribution in [0.5, 0.6) is 0 Å². The molecule has 6 heteroatoms. The first-order valence-corrected chi connectivity index (χ1v) is 8.98. The van der Waals surface area contributed by atoms with E-state index in [0.29, 0.717) is 27.8 Å². The van der Waals surface area contributed by atoms with Crippen LogP contribution in [0, 0.1) is 6.92 Å². The number of rotatable bonds is 6. The summed E-state index contributed by atoms with van der Waals surface area (Å²) in [4.78, 5) is 23.9. The highest BCUT2D eigenvalue weighted by Crippen LogP contribution is 2.20. The van der Waals surface area contributed by atoms with Crippen molar-refractivity contribution >= 4 is 40.9 Å². The number of carbonyl (C=O) groups is 2. The predicted molar refractivity (Wildman–Crippen MR) is 101 cm³/mol. The molecule has 2 aromatic rings. The quantitative estimate of drug-likeness (QED) is 0.819. The Labute approximate surface area is 151 Å². The van der Waals surface area contributed by atoms with Gasteiger partial charge in [0.25, 0.3) is 5.91 Å². The zero-order valence-corrected chi connectivity index (χ0v) is 15.1. The van der Waals surface area contributed by atoms with Crippen molar-refractivity contribution in [1.82, 2.24) is 5.32 Å². The Morgan fingerprint density at radius 1 is 1.17 bits per heavy atom. The van der Waals surface area contributed by atoms with Gasteiger partial charge in [0.2, 0.25) is 5.91 Å². The molecule has 4 nitrogen and oxygen atoms in total. The molecule has 0 unspecified atom stereocenters. The minimum atomic E-state index is -0.168. The second-order valence-corrected chi connectivity index (χ2v) is 6.65. The third kappa shape index (κ3) is 5.01. The summed E-state index contributed by atoms with van der Waals surface area (Å²) in [5.74, 6) is 0.777. The van der Waals surface area contributed by atoms with Crippen LogP contribution in [0.3, 0.4) is 0 Å². The monoisotopic (exact) mass is 362 g/mol. The largest absolute Gasteiger partial charge is 0.355 e. The van der Waals surface area contributed by atoms with E-state index in [1.54, 1.807) is 25.2 Å². The van der Waals surface area contributed by atoms with Gasteiger partial charge in [0, 0.05) is 29.1 Å². The fraction of sp³-hybridized carbons (Fsp3) is 0.222. The van der Waals surface area contributed by atoms with Gasteiger partial charge in [0.15, 0.2) is 0 Å². The van der Waals surface area contributed by atoms with Gasteiger partial charge in [-0.15, -0.1) is 11.8 Å². The minimum absolute atomic E-state index is 0.0980. The highest BCUT2D eigenvalue weighted by atomic mass is 35.5. The maximum Gasteiger partial charge on any atom is 0.251 e. The topological polar surface area (TPSA) is 58.2 Å². The average molecular weight is 363 g/mol. The zero-order valence-electron chi connectivity index (χ0n) is 13.6. The number of hydrogen-bond acceptors (Lipinski definition) is 3. The second-order valence-electron chi connectivity index (χ2n) is 5.23.